The lowest BCUT2D eigenvalue weighted by atomic mass is 9.83. The zero-order valence-electron chi connectivity index (χ0n) is 21.0. The van der Waals surface area contributed by atoms with Crippen molar-refractivity contribution in [3.8, 4) is 5.75 Å². The highest BCUT2D eigenvalue weighted by Gasteiger charge is 2.38. The second kappa shape index (κ2) is 9.15. The third kappa shape index (κ3) is 3.88. The van der Waals surface area contributed by atoms with Crippen molar-refractivity contribution in [3.63, 3.8) is 0 Å². The first-order valence-corrected chi connectivity index (χ1v) is 13.9. The van der Waals surface area contributed by atoms with E-state index in [1.807, 2.05) is 12.1 Å². The molecule has 0 aromatic heterocycles. The van der Waals surface area contributed by atoms with Crippen molar-refractivity contribution in [2.75, 3.05) is 36.0 Å². The first-order chi connectivity index (χ1) is 18.2. The number of nitrogens with zero attached hydrogens (tertiary/aromatic N) is 2. The summed E-state index contributed by atoms with van der Waals surface area (Å²) >= 11 is 6.66. The second-order valence-electron chi connectivity index (χ2n) is 10.5. The van der Waals surface area contributed by atoms with Gasteiger partial charge in [-0.05, 0) is 79.6 Å². The summed E-state index contributed by atoms with van der Waals surface area (Å²) in [7, 11) is 0. The van der Waals surface area contributed by atoms with Crippen LogP contribution < -0.4 is 14.5 Å². The van der Waals surface area contributed by atoms with E-state index in [1.165, 1.54) is 37.1 Å². The molecule has 3 nitrogen and oxygen atoms in total. The highest BCUT2D eigenvalue weighted by Crippen LogP contribution is 2.46. The van der Waals surface area contributed by atoms with Crippen LogP contribution in [0.3, 0.4) is 0 Å². The van der Waals surface area contributed by atoms with Gasteiger partial charge in [-0.3, -0.25) is 0 Å². The number of rotatable bonds is 4. The Morgan fingerprint density at radius 3 is 1.78 bits per heavy atom. The summed E-state index contributed by atoms with van der Waals surface area (Å²) < 4.78 is 7.01. The third-order valence-corrected chi connectivity index (χ3v) is 8.60. The number of fused-ring (bicyclic) bond motifs is 3. The van der Waals surface area contributed by atoms with E-state index in [-0.39, 0.29) is 0 Å². The van der Waals surface area contributed by atoms with Gasteiger partial charge in [0.05, 0.1) is 0 Å². The van der Waals surface area contributed by atoms with Gasteiger partial charge in [0.2, 0.25) is 0 Å². The fourth-order valence-electron chi connectivity index (χ4n) is 6.27. The van der Waals surface area contributed by atoms with Crippen LogP contribution in [0.2, 0.25) is 5.02 Å². The topological polar surface area (TPSA) is 15.7 Å². The fraction of sp³-hybridized carbons (Fsp3) is 0.273. The SMILES string of the molecule is Clc1cccc2ccc3c(c12)C=CC(c1ccc(N2CCCC2)cc1)(c1ccc(N2CCCC2)cc1)O3. The van der Waals surface area contributed by atoms with Gasteiger partial charge in [0, 0.05) is 64.7 Å². The highest BCUT2D eigenvalue weighted by atomic mass is 35.5. The van der Waals surface area contributed by atoms with Gasteiger partial charge in [0.25, 0.3) is 0 Å². The van der Waals surface area contributed by atoms with Gasteiger partial charge in [-0.1, -0.05) is 54.1 Å². The average molecular weight is 507 g/mol. The maximum Gasteiger partial charge on any atom is 0.178 e. The zero-order chi connectivity index (χ0) is 24.8. The molecule has 186 valence electrons. The maximum absolute atomic E-state index is 7.01. The lowest BCUT2D eigenvalue weighted by molar-refractivity contribution is 0.161. The molecule has 4 heteroatoms. The summed E-state index contributed by atoms with van der Waals surface area (Å²) in [5.74, 6) is 0.857. The van der Waals surface area contributed by atoms with Crippen molar-refractivity contribution in [2.24, 2.45) is 0 Å². The van der Waals surface area contributed by atoms with E-state index in [0.29, 0.717) is 0 Å². The molecule has 0 unspecified atom stereocenters. The molecule has 0 saturated carbocycles. The molecule has 4 aromatic carbocycles. The number of hydrogen-bond acceptors (Lipinski definition) is 3. The van der Waals surface area contributed by atoms with Crippen LogP contribution in [0.1, 0.15) is 42.4 Å². The third-order valence-electron chi connectivity index (χ3n) is 8.29. The van der Waals surface area contributed by atoms with Crippen molar-refractivity contribution < 1.29 is 4.74 Å². The van der Waals surface area contributed by atoms with Gasteiger partial charge >= 0.3 is 0 Å². The largest absolute Gasteiger partial charge is 0.473 e. The summed E-state index contributed by atoms with van der Waals surface area (Å²) in [6.07, 6.45) is 9.51. The van der Waals surface area contributed by atoms with E-state index in [2.05, 4.69) is 88.7 Å². The normalized spacial score (nSPS) is 18.3. The monoisotopic (exact) mass is 506 g/mol. The lowest BCUT2D eigenvalue weighted by Crippen LogP contribution is -2.34. The molecular formula is C33H31ClN2O. The maximum atomic E-state index is 7.01. The second-order valence-corrected chi connectivity index (χ2v) is 10.9. The Bertz CT molecular complexity index is 1400. The summed E-state index contributed by atoms with van der Waals surface area (Å²) in [5.41, 5.74) is 5.17. The van der Waals surface area contributed by atoms with Crippen LogP contribution in [0.25, 0.3) is 16.8 Å². The summed E-state index contributed by atoms with van der Waals surface area (Å²) in [5, 5.41) is 2.91. The minimum Gasteiger partial charge on any atom is -0.473 e. The molecule has 7 rings (SSSR count). The molecular weight excluding hydrogens is 476 g/mol. The Kier molecular flexibility index (Phi) is 5.62. The van der Waals surface area contributed by atoms with Crippen LogP contribution in [-0.4, -0.2) is 26.2 Å². The Hall–Kier alpha value is -3.43. The number of anilines is 2. The minimum absolute atomic E-state index is 0.713. The number of hydrogen-bond donors (Lipinski definition) is 0. The molecule has 3 heterocycles. The fourth-order valence-corrected chi connectivity index (χ4v) is 6.56. The van der Waals surface area contributed by atoms with Crippen molar-refractivity contribution in [1.82, 2.24) is 0 Å². The molecule has 0 amide bonds. The Balaban J connectivity index is 1.34. The molecule has 4 aromatic rings. The molecule has 37 heavy (non-hydrogen) atoms. The van der Waals surface area contributed by atoms with Crippen molar-refractivity contribution in [3.05, 3.63) is 107 Å². The predicted octanol–water partition coefficient (Wildman–Crippen LogP) is 8.04. The number of ether oxygens (including phenoxy) is 1. The first kappa shape index (κ1) is 22.7. The molecule has 2 fully saturated rings. The minimum atomic E-state index is -0.713. The molecule has 0 aliphatic carbocycles. The average Bonchev–Trinajstić information content (AvgIpc) is 3.68. The lowest BCUT2D eigenvalue weighted by Gasteiger charge is -2.37. The van der Waals surface area contributed by atoms with Gasteiger partial charge in [-0.25, -0.2) is 0 Å². The zero-order valence-corrected chi connectivity index (χ0v) is 21.8. The molecule has 0 atom stereocenters. The van der Waals surface area contributed by atoms with Crippen LogP contribution in [-0.2, 0) is 5.60 Å². The molecule has 2 saturated heterocycles. The smallest absolute Gasteiger partial charge is 0.178 e. The molecule has 0 bridgehead atoms. The first-order valence-electron chi connectivity index (χ1n) is 13.5. The van der Waals surface area contributed by atoms with E-state index >= 15 is 0 Å². The molecule has 0 radical (unpaired) electrons. The van der Waals surface area contributed by atoms with Gasteiger partial charge in [-0.2, -0.15) is 0 Å². The molecule has 3 aliphatic rings. The van der Waals surface area contributed by atoms with Crippen LogP contribution in [0.15, 0.2) is 84.9 Å². The standard InChI is InChI=1S/C33H31ClN2O/c34-30-7-5-6-24-8-17-31-29(32(24)30)18-19-33(37-31,25-9-13-27(14-10-25)35-20-1-2-21-35)26-11-15-28(16-12-26)36-22-3-4-23-36/h5-19H,1-4,20-23H2. The summed E-state index contributed by atoms with van der Waals surface area (Å²) in [4.78, 5) is 4.95. The van der Waals surface area contributed by atoms with E-state index < -0.39 is 5.60 Å². The summed E-state index contributed by atoms with van der Waals surface area (Å²) in [6, 6.07) is 28.2. The van der Waals surface area contributed by atoms with Crippen molar-refractivity contribution in [1.29, 1.82) is 0 Å². The van der Waals surface area contributed by atoms with Gasteiger partial charge in [0.15, 0.2) is 5.60 Å². The Morgan fingerprint density at radius 1 is 0.649 bits per heavy atom. The van der Waals surface area contributed by atoms with E-state index in [9.17, 15) is 0 Å². The van der Waals surface area contributed by atoms with Crippen molar-refractivity contribution in [2.45, 2.75) is 31.3 Å². The quantitative estimate of drug-likeness (QED) is 0.278. The van der Waals surface area contributed by atoms with Crippen molar-refractivity contribution >= 4 is 39.8 Å². The molecule has 3 aliphatic heterocycles. The Labute approximate surface area is 223 Å². The summed E-state index contributed by atoms with van der Waals surface area (Å²) in [6.45, 7) is 4.56. The van der Waals surface area contributed by atoms with Crippen LogP contribution >= 0.6 is 11.6 Å². The van der Waals surface area contributed by atoms with E-state index in [1.54, 1.807) is 0 Å². The van der Waals surface area contributed by atoms with Crippen LogP contribution in [0, 0.1) is 0 Å². The van der Waals surface area contributed by atoms with Crippen LogP contribution in [0.4, 0.5) is 11.4 Å². The highest BCUT2D eigenvalue weighted by molar-refractivity contribution is 6.36. The molecule has 0 spiro atoms. The van der Waals surface area contributed by atoms with Gasteiger partial charge < -0.3 is 14.5 Å². The van der Waals surface area contributed by atoms with E-state index in [4.69, 9.17) is 16.3 Å². The number of benzene rings is 4. The Morgan fingerprint density at radius 2 is 1.22 bits per heavy atom. The van der Waals surface area contributed by atoms with Gasteiger partial charge in [-0.15, -0.1) is 0 Å². The van der Waals surface area contributed by atoms with Crippen LogP contribution in [0.5, 0.6) is 5.75 Å². The van der Waals surface area contributed by atoms with Gasteiger partial charge in [0.1, 0.15) is 5.75 Å². The molecule has 0 N–H and O–H groups in total. The number of halogens is 1. The van der Waals surface area contributed by atoms with E-state index in [0.717, 1.165) is 64.4 Å². The predicted molar refractivity (Wildman–Crippen MR) is 155 cm³/mol.